The first-order valence-corrected chi connectivity index (χ1v) is 15.6. The van der Waals surface area contributed by atoms with E-state index in [1.807, 2.05) is 18.4 Å². The van der Waals surface area contributed by atoms with Crippen molar-refractivity contribution in [3.8, 4) is 27.3 Å². The molecule has 11 heteroatoms. The van der Waals surface area contributed by atoms with Crippen LogP contribution in [0, 0.1) is 13.8 Å². The van der Waals surface area contributed by atoms with Gasteiger partial charge in [0.2, 0.25) is 0 Å². The van der Waals surface area contributed by atoms with Crippen LogP contribution in [0.5, 0.6) is 5.75 Å². The molecule has 232 valence electrons. The van der Waals surface area contributed by atoms with Gasteiger partial charge in [0.1, 0.15) is 5.75 Å². The van der Waals surface area contributed by atoms with E-state index in [4.69, 9.17) is 19.9 Å². The number of morpholine rings is 1. The number of anilines is 1. The summed E-state index contributed by atoms with van der Waals surface area (Å²) in [5.41, 5.74) is 12.0. The summed E-state index contributed by atoms with van der Waals surface area (Å²) in [5.74, 6) is -0.679. The Hall–Kier alpha value is -4.58. The molecule has 0 aliphatic carbocycles. The molecule has 2 aliphatic rings. The lowest BCUT2D eigenvalue weighted by Crippen LogP contribution is -2.41. The number of methoxy groups -OCH3 is 1. The van der Waals surface area contributed by atoms with E-state index in [0.717, 1.165) is 28.0 Å². The van der Waals surface area contributed by atoms with Crippen LogP contribution in [0.4, 0.5) is 5.69 Å². The number of amides is 2. The van der Waals surface area contributed by atoms with Gasteiger partial charge in [-0.15, -0.1) is 11.3 Å². The molecule has 2 amide bonds. The predicted molar refractivity (Wildman–Crippen MR) is 172 cm³/mol. The van der Waals surface area contributed by atoms with E-state index < -0.39 is 11.9 Å². The molecule has 0 unspecified atom stereocenters. The molecule has 4 aromatic rings. The Kier molecular flexibility index (Phi) is 8.66. The highest BCUT2D eigenvalue weighted by molar-refractivity contribution is 7.13. The van der Waals surface area contributed by atoms with Crippen LogP contribution in [0.3, 0.4) is 0 Å². The highest BCUT2D eigenvalue weighted by Gasteiger charge is 2.28. The van der Waals surface area contributed by atoms with Gasteiger partial charge in [-0.1, -0.05) is 12.1 Å². The molecule has 0 saturated carbocycles. The molecule has 4 heterocycles. The fourth-order valence-corrected chi connectivity index (χ4v) is 6.76. The second-order valence-corrected chi connectivity index (χ2v) is 11.9. The number of carbonyl (C=O) groups excluding carboxylic acids is 3. The lowest BCUT2D eigenvalue weighted by Gasteiger charge is -2.28. The number of rotatable bonds is 6. The van der Waals surface area contributed by atoms with Crippen molar-refractivity contribution < 1.29 is 28.6 Å². The maximum Gasteiger partial charge on any atom is 0.357 e. The number of benzene rings is 2. The van der Waals surface area contributed by atoms with E-state index in [9.17, 15) is 14.4 Å². The molecule has 0 spiro atoms. The predicted octanol–water partition coefficient (Wildman–Crippen LogP) is 5.00. The molecule has 0 radical (unpaired) electrons. The van der Waals surface area contributed by atoms with Gasteiger partial charge in [-0.25, -0.2) is 9.78 Å². The van der Waals surface area contributed by atoms with E-state index in [1.165, 1.54) is 7.11 Å². The Morgan fingerprint density at radius 3 is 2.56 bits per heavy atom. The molecule has 2 aromatic heterocycles. The minimum absolute atomic E-state index is 0.0867. The number of fused-ring (bicyclic) bond motifs is 3. The first kappa shape index (κ1) is 30.4. The van der Waals surface area contributed by atoms with Crippen LogP contribution < -0.4 is 15.8 Å². The molecule has 2 aliphatic heterocycles. The lowest BCUT2D eigenvalue weighted by molar-refractivity contribution is 0.0303. The van der Waals surface area contributed by atoms with E-state index in [-0.39, 0.29) is 18.1 Å². The highest BCUT2D eigenvalue weighted by Crippen LogP contribution is 2.43. The van der Waals surface area contributed by atoms with Crippen molar-refractivity contribution in [1.29, 1.82) is 0 Å². The number of hydrogen-bond donors (Lipinski definition) is 2. The quantitative estimate of drug-likeness (QED) is 0.286. The average molecular weight is 627 g/mol. The molecule has 1 fully saturated rings. The van der Waals surface area contributed by atoms with E-state index in [2.05, 4.69) is 16.4 Å². The minimum Gasteiger partial charge on any atom is -0.493 e. The molecule has 10 nitrogen and oxygen atoms in total. The zero-order valence-electron chi connectivity index (χ0n) is 25.4. The van der Waals surface area contributed by atoms with E-state index in [0.29, 0.717) is 77.9 Å². The number of thiophene rings is 1. The van der Waals surface area contributed by atoms with E-state index >= 15 is 0 Å². The molecule has 0 bridgehead atoms. The highest BCUT2D eigenvalue weighted by atomic mass is 32.1. The molecule has 45 heavy (non-hydrogen) atoms. The number of nitrogens with zero attached hydrogens (tertiary/aromatic N) is 2. The smallest absolute Gasteiger partial charge is 0.357 e. The molecule has 1 saturated heterocycles. The SMILES string of the molecule is COC(=O)c1nc(C)ccc1-c1cc2c(cc1C(=O)Nc1c(C)cc(CN)cc1C(=O)N1CCOCC1)-c1sccc1CCO2. The van der Waals surface area contributed by atoms with Gasteiger partial charge >= 0.3 is 5.97 Å². The number of nitrogens with two attached hydrogens (primary N) is 1. The van der Waals surface area contributed by atoms with Crippen molar-refractivity contribution in [2.24, 2.45) is 5.73 Å². The number of nitrogens with one attached hydrogen (secondary N) is 1. The Morgan fingerprint density at radius 2 is 1.80 bits per heavy atom. The average Bonchev–Trinajstić information content (AvgIpc) is 3.46. The van der Waals surface area contributed by atoms with Gasteiger partial charge in [0.15, 0.2) is 5.69 Å². The van der Waals surface area contributed by atoms with Crippen LogP contribution in [0.2, 0.25) is 0 Å². The fraction of sp³-hybridized carbons (Fsp3) is 0.294. The molecule has 3 N–H and O–H groups in total. The zero-order chi connectivity index (χ0) is 31.7. The third-order valence-electron chi connectivity index (χ3n) is 8.09. The summed E-state index contributed by atoms with van der Waals surface area (Å²) in [5, 5.41) is 5.08. The van der Waals surface area contributed by atoms with Gasteiger partial charge in [0, 0.05) is 58.9 Å². The number of aryl methyl sites for hydroxylation is 2. The van der Waals surface area contributed by atoms with Gasteiger partial charge in [0.25, 0.3) is 11.8 Å². The Morgan fingerprint density at radius 1 is 1.00 bits per heavy atom. The van der Waals surface area contributed by atoms with Crippen molar-refractivity contribution in [3.63, 3.8) is 0 Å². The first-order valence-electron chi connectivity index (χ1n) is 14.7. The Balaban J connectivity index is 1.51. The van der Waals surface area contributed by atoms with Crippen molar-refractivity contribution in [1.82, 2.24) is 9.88 Å². The summed E-state index contributed by atoms with van der Waals surface area (Å²) >= 11 is 1.58. The molecular formula is C34H34N4O6S. The Bertz CT molecular complexity index is 1810. The zero-order valence-corrected chi connectivity index (χ0v) is 26.2. The van der Waals surface area contributed by atoms with Crippen LogP contribution >= 0.6 is 11.3 Å². The van der Waals surface area contributed by atoms with Crippen LogP contribution in [0.25, 0.3) is 21.6 Å². The minimum atomic E-state index is -0.622. The summed E-state index contributed by atoms with van der Waals surface area (Å²) in [6, 6.07) is 12.8. The molecule has 2 aromatic carbocycles. The lowest BCUT2D eigenvalue weighted by atomic mass is 9.93. The van der Waals surface area contributed by atoms with Crippen molar-refractivity contribution in [2.45, 2.75) is 26.8 Å². The largest absolute Gasteiger partial charge is 0.493 e. The number of esters is 1. The van der Waals surface area contributed by atoms with Gasteiger partial charge in [-0.3, -0.25) is 9.59 Å². The summed E-state index contributed by atoms with van der Waals surface area (Å²) in [6.07, 6.45) is 0.726. The third-order valence-corrected chi connectivity index (χ3v) is 9.08. The van der Waals surface area contributed by atoms with Crippen LogP contribution in [-0.4, -0.2) is 67.7 Å². The van der Waals surface area contributed by atoms with Crippen LogP contribution in [0.15, 0.2) is 47.8 Å². The second kappa shape index (κ2) is 12.8. The van der Waals surface area contributed by atoms with E-state index in [1.54, 1.807) is 53.5 Å². The van der Waals surface area contributed by atoms with Crippen molar-refractivity contribution >= 4 is 34.8 Å². The summed E-state index contributed by atoms with van der Waals surface area (Å²) in [6.45, 7) is 6.13. The number of carbonyl (C=O) groups is 3. The summed E-state index contributed by atoms with van der Waals surface area (Å²) < 4.78 is 16.7. The summed E-state index contributed by atoms with van der Waals surface area (Å²) in [7, 11) is 1.29. The van der Waals surface area contributed by atoms with Gasteiger partial charge in [0.05, 0.1) is 38.2 Å². The van der Waals surface area contributed by atoms with Gasteiger partial charge in [-0.05, 0) is 66.2 Å². The second-order valence-electron chi connectivity index (χ2n) is 11.0. The molecule has 6 rings (SSSR count). The van der Waals surface area contributed by atoms with Crippen LogP contribution in [0.1, 0.15) is 53.6 Å². The maximum absolute atomic E-state index is 14.5. The van der Waals surface area contributed by atoms with Gasteiger partial charge in [-0.2, -0.15) is 0 Å². The number of aromatic nitrogens is 1. The first-order chi connectivity index (χ1) is 21.8. The van der Waals surface area contributed by atoms with Crippen molar-refractivity contribution in [3.05, 3.63) is 87.0 Å². The number of ether oxygens (including phenoxy) is 3. The normalized spacial score (nSPS) is 14.1. The maximum atomic E-state index is 14.5. The molecular weight excluding hydrogens is 592 g/mol. The van der Waals surface area contributed by atoms with Gasteiger partial charge < -0.3 is 30.2 Å². The Labute approximate surface area is 265 Å². The number of pyridine rings is 1. The van der Waals surface area contributed by atoms with Crippen molar-refractivity contribution in [2.75, 3.05) is 45.3 Å². The fourth-order valence-electron chi connectivity index (χ4n) is 5.79. The third kappa shape index (κ3) is 5.94. The molecule has 0 atom stereocenters. The van der Waals surface area contributed by atoms with Crippen LogP contribution in [-0.2, 0) is 22.4 Å². The number of hydrogen-bond acceptors (Lipinski definition) is 9. The monoisotopic (exact) mass is 626 g/mol. The standard InChI is InChI=1S/C34H34N4O6S/c1-19-14-21(18-35)15-27(33(40)38-8-11-43-12-9-38)29(19)37-32(39)25-16-26-28(44-10-6-22-7-13-45-31(22)26)17-24(25)23-5-4-20(2)36-30(23)34(41)42-3/h4-5,7,13-17H,6,8-12,18,35H2,1-3H3,(H,37,39). The topological polar surface area (TPSA) is 133 Å². The summed E-state index contributed by atoms with van der Waals surface area (Å²) in [4.78, 5) is 48.3.